The lowest BCUT2D eigenvalue weighted by Gasteiger charge is -2.05. The van der Waals surface area contributed by atoms with Crippen LogP contribution in [0.3, 0.4) is 0 Å². The molecule has 0 saturated carbocycles. The van der Waals surface area contributed by atoms with Crippen molar-refractivity contribution in [1.82, 2.24) is 5.16 Å². The summed E-state index contributed by atoms with van der Waals surface area (Å²) >= 11 is 0. The van der Waals surface area contributed by atoms with Crippen molar-refractivity contribution < 1.29 is 19.3 Å². The number of aromatic carboxylic acids is 1. The van der Waals surface area contributed by atoms with Gasteiger partial charge in [-0.25, -0.2) is 4.79 Å². The second-order valence-corrected chi connectivity index (χ2v) is 4.08. The van der Waals surface area contributed by atoms with E-state index >= 15 is 0 Å². The minimum absolute atomic E-state index is 0.139. The first-order valence-electron chi connectivity index (χ1n) is 5.65. The normalized spacial score (nSPS) is 10.2. The molecule has 2 rings (SSSR count). The Morgan fingerprint density at radius 1 is 1.50 bits per heavy atom. The van der Waals surface area contributed by atoms with Gasteiger partial charge in [0.15, 0.2) is 0 Å². The van der Waals surface area contributed by atoms with Gasteiger partial charge in [-0.05, 0) is 19.1 Å². The maximum absolute atomic E-state index is 11.0. The molecule has 0 atom stereocenters. The fraction of sp³-hybridized carbons (Fsp3) is 0.167. The van der Waals surface area contributed by atoms with E-state index < -0.39 is 10.9 Å². The molecule has 2 aromatic rings. The van der Waals surface area contributed by atoms with Gasteiger partial charge in [0.2, 0.25) is 0 Å². The van der Waals surface area contributed by atoms with Crippen LogP contribution in [0.25, 0.3) is 0 Å². The Morgan fingerprint density at radius 3 is 2.80 bits per heavy atom. The van der Waals surface area contributed by atoms with Crippen molar-refractivity contribution in [1.29, 1.82) is 0 Å². The van der Waals surface area contributed by atoms with E-state index in [0.29, 0.717) is 11.5 Å². The molecule has 0 aliphatic rings. The van der Waals surface area contributed by atoms with E-state index in [0.717, 1.165) is 6.07 Å². The molecule has 2 N–H and O–H groups in total. The number of aromatic nitrogens is 1. The standard InChI is InChI=1S/C12H11N3O5/c1-7-4-9(14-20-7)6-13-10-3-2-8(12(16)17)5-11(10)15(18)19/h2-5,13H,6H2,1H3,(H,16,17). The topological polar surface area (TPSA) is 118 Å². The van der Waals surface area contributed by atoms with Crippen LogP contribution in [0.2, 0.25) is 0 Å². The SMILES string of the molecule is Cc1cc(CNc2ccc(C(=O)O)cc2[N+](=O)[O-])no1. The second-order valence-electron chi connectivity index (χ2n) is 4.08. The number of hydrogen-bond acceptors (Lipinski definition) is 6. The zero-order chi connectivity index (χ0) is 14.7. The molecule has 0 saturated heterocycles. The number of aryl methyl sites for hydroxylation is 1. The molecule has 1 heterocycles. The van der Waals surface area contributed by atoms with Crippen LogP contribution in [-0.2, 0) is 6.54 Å². The van der Waals surface area contributed by atoms with Crippen molar-refractivity contribution in [3.8, 4) is 0 Å². The molecule has 0 aliphatic heterocycles. The van der Waals surface area contributed by atoms with Gasteiger partial charge in [-0.3, -0.25) is 10.1 Å². The monoisotopic (exact) mass is 277 g/mol. The lowest BCUT2D eigenvalue weighted by Crippen LogP contribution is -2.05. The van der Waals surface area contributed by atoms with E-state index in [4.69, 9.17) is 9.63 Å². The highest BCUT2D eigenvalue weighted by atomic mass is 16.6. The summed E-state index contributed by atoms with van der Waals surface area (Å²) in [6.45, 7) is 1.98. The number of carboxylic acids is 1. The van der Waals surface area contributed by atoms with E-state index in [2.05, 4.69) is 10.5 Å². The minimum Gasteiger partial charge on any atom is -0.478 e. The fourth-order valence-corrected chi connectivity index (χ4v) is 1.65. The second kappa shape index (κ2) is 5.39. The Hall–Kier alpha value is -2.90. The van der Waals surface area contributed by atoms with Crippen molar-refractivity contribution in [2.24, 2.45) is 0 Å². The molecule has 8 nitrogen and oxygen atoms in total. The van der Waals surface area contributed by atoms with Gasteiger partial charge in [-0.15, -0.1) is 0 Å². The summed E-state index contributed by atoms with van der Waals surface area (Å²) in [7, 11) is 0. The number of anilines is 1. The van der Waals surface area contributed by atoms with Gasteiger partial charge >= 0.3 is 5.97 Å². The van der Waals surface area contributed by atoms with E-state index in [1.807, 2.05) is 0 Å². The molecule has 20 heavy (non-hydrogen) atoms. The van der Waals surface area contributed by atoms with E-state index in [-0.39, 0.29) is 23.5 Å². The highest BCUT2D eigenvalue weighted by Crippen LogP contribution is 2.26. The summed E-state index contributed by atoms with van der Waals surface area (Å²) in [4.78, 5) is 21.1. The molecular formula is C12H11N3O5. The lowest BCUT2D eigenvalue weighted by molar-refractivity contribution is -0.384. The summed E-state index contributed by atoms with van der Waals surface area (Å²) in [6.07, 6.45) is 0. The van der Waals surface area contributed by atoms with Gasteiger partial charge in [0, 0.05) is 12.1 Å². The Morgan fingerprint density at radius 2 is 2.25 bits per heavy atom. The maximum atomic E-state index is 11.0. The molecule has 0 amide bonds. The van der Waals surface area contributed by atoms with Crippen LogP contribution >= 0.6 is 0 Å². The predicted octanol–water partition coefficient (Wildman–Crippen LogP) is 2.20. The number of benzene rings is 1. The Kier molecular flexibility index (Phi) is 3.65. The first-order valence-corrected chi connectivity index (χ1v) is 5.65. The number of hydrogen-bond donors (Lipinski definition) is 2. The van der Waals surface area contributed by atoms with Gasteiger partial charge in [0.1, 0.15) is 17.1 Å². The zero-order valence-corrected chi connectivity index (χ0v) is 10.5. The number of carbonyl (C=O) groups is 1. The van der Waals surface area contributed by atoms with Crippen molar-refractivity contribution in [2.75, 3.05) is 5.32 Å². The third-order valence-electron chi connectivity index (χ3n) is 2.58. The van der Waals surface area contributed by atoms with E-state index in [1.54, 1.807) is 13.0 Å². The summed E-state index contributed by atoms with van der Waals surface area (Å²) < 4.78 is 4.88. The van der Waals surface area contributed by atoms with Crippen molar-refractivity contribution >= 4 is 17.3 Å². The lowest BCUT2D eigenvalue weighted by atomic mass is 10.1. The Balaban J connectivity index is 2.22. The third kappa shape index (κ3) is 2.91. The molecule has 0 radical (unpaired) electrons. The van der Waals surface area contributed by atoms with Crippen molar-refractivity contribution in [3.63, 3.8) is 0 Å². The van der Waals surface area contributed by atoms with Crippen LogP contribution in [0, 0.1) is 17.0 Å². The number of nitrogens with zero attached hydrogens (tertiary/aromatic N) is 2. The first kappa shape index (κ1) is 13.5. The van der Waals surface area contributed by atoms with E-state index in [1.165, 1.54) is 12.1 Å². The van der Waals surface area contributed by atoms with Gasteiger partial charge in [-0.1, -0.05) is 5.16 Å². The number of nitrogens with one attached hydrogen (secondary N) is 1. The smallest absolute Gasteiger partial charge is 0.335 e. The number of rotatable bonds is 5. The van der Waals surface area contributed by atoms with Crippen molar-refractivity contribution in [2.45, 2.75) is 13.5 Å². The Labute approximate surface area is 113 Å². The molecule has 0 bridgehead atoms. The van der Waals surface area contributed by atoms with E-state index in [9.17, 15) is 14.9 Å². The molecule has 0 spiro atoms. The van der Waals surface area contributed by atoms with Crippen LogP contribution < -0.4 is 5.32 Å². The van der Waals surface area contributed by atoms with Gasteiger partial charge < -0.3 is 14.9 Å². The molecular weight excluding hydrogens is 266 g/mol. The van der Waals surface area contributed by atoms with Crippen LogP contribution in [-0.4, -0.2) is 21.2 Å². The summed E-state index contributed by atoms with van der Waals surface area (Å²) in [5.74, 6) is -0.579. The number of nitro benzene ring substituents is 1. The zero-order valence-electron chi connectivity index (χ0n) is 10.5. The van der Waals surface area contributed by atoms with Crippen LogP contribution in [0.15, 0.2) is 28.8 Å². The van der Waals surface area contributed by atoms with Crippen LogP contribution in [0.1, 0.15) is 21.8 Å². The average Bonchev–Trinajstić information content (AvgIpc) is 2.81. The van der Waals surface area contributed by atoms with Crippen LogP contribution in [0.5, 0.6) is 0 Å². The fourth-order valence-electron chi connectivity index (χ4n) is 1.65. The van der Waals surface area contributed by atoms with Gasteiger partial charge in [0.25, 0.3) is 5.69 Å². The molecule has 1 aromatic carbocycles. The predicted molar refractivity (Wildman–Crippen MR) is 68.6 cm³/mol. The molecule has 0 fully saturated rings. The number of carboxylic acid groups (broad SMARTS) is 1. The first-order chi connectivity index (χ1) is 9.47. The average molecular weight is 277 g/mol. The van der Waals surface area contributed by atoms with Gasteiger partial charge in [-0.2, -0.15) is 0 Å². The molecule has 104 valence electrons. The van der Waals surface area contributed by atoms with Crippen LogP contribution in [0.4, 0.5) is 11.4 Å². The molecule has 1 aromatic heterocycles. The summed E-state index contributed by atoms with van der Waals surface area (Å²) in [6, 6.07) is 5.36. The molecule has 8 heteroatoms. The highest BCUT2D eigenvalue weighted by molar-refractivity contribution is 5.89. The largest absolute Gasteiger partial charge is 0.478 e. The summed E-state index contributed by atoms with van der Waals surface area (Å²) in [5.41, 5.74) is 0.379. The van der Waals surface area contributed by atoms with Crippen molar-refractivity contribution in [3.05, 3.63) is 51.4 Å². The Bertz CT molecular complexity index is 665. The minimum atomic E-state index is -1.22. The number of nitro groups is 1. The van der Waals surface area contributed by atoms with Gasteiger partial charge in [0.05, 0.1) is 17.0 Å². The maximum Gasteiger partial charge on any atom is 0.335 e. The third-order valence-corrected chi connectivity index (χ3v) is 2.58. The molecule has 0 unspecified atom stereocenters. The molecule has 0 aliphatic carbocycles. The summed E-state index contributed by atoms with van der Waals surface area (Å²) in [5, 5.41) is 26.4. The quantitative estimate of drug-likeness (QED) is 0.635. The highest BCUT2D eigenvalue weighted by Gasteiger charge is 2.17.